The van der Waals surface area contributed by atoms with E-state index in [2.05, 4.69) is 0 Å². The van der Waals surface area contributed by atoms with Crippen LogP contribution in [0.3, 0.4) is 0 Å². The van der Waals surface area contributed by atoms with Crippen molar-refractivity contribution in [1.29, 1.82) is 5.26 Å². The summed E-state index contributed by atoms with van der Waals surface area (Å²) in [5.41, 5.74) is 6.02. The number of likely N-dealkylation sites (N-methyl/N-ethyl adjacent to an activating group) is 1. The molecule has 116 valence electrons. The Morgan fingerprint density at radius 3 is 2.57 bits per heavy atom. The minimum atomic E-state index is -3.70. The van der Waals surface area contributed by atoms with Crippen LogP contribution in [0.5, 0.6) is 0 Å². The van der Waals surface area contributed by atoms with Gasteiger partial charge in [-0.05, 0) is 37.0 Å². The lowest BCUT2D eigenvalue weighted by molar-refractivity contribution is 0.340. The molecule has 1 aliphatic carbocycles. The van der Waals surface area contributed by atoms with Crippen molar-refractivity contribution in [1.82, 2.24) is 4.31 Å². The Bertz CT molecular complexity index is 654. The Labute approximate surface area is 136 Å². The molecule has 5 nitrogen and oxygen atoms in total. The lowest BCUT2D eigenvalue weighted by atomic mass is 10.2. The van der Waals surface area contributed by atoms with Crippen molar-refractivity contribution in [2.24, 2.45) is 11.7 Å². The monoisotopic (exact) mass is 349 g/mol. The second-order valence-electron chi connectivity index (χ2n) is 4.92. The molecule has 0 radical (unpaired) electrons. The van der Waals surface area contributed by atoms with Crippen molar-refractivity contribution < 1.29 is 8.42 Å². The highest BCUT2D eigenvalue weighted by atomic mass is 35.5. The van der Waals surface area contributed by atoms with E-state index >= 15 is 0 Å². The van der Waals surface area contributed by atoms with Gasteiger partial charge in [-0.2, -0.15) is 9.57 Å². The summed E-state index contributed by atoms with van der Waals surface area (Å²) in [5, 5.41) is 8.85. The van der Waals surface area contributed by atoms with E-state index in [-0.39, 0.29) is 34.9 Å². The van der Waals surface area contributed by atoms with Gasteiger partial charge in [0.25, 0.3) is 0 Å². The van der Waals surface area contributed by atoms with Crippen LogP contribution < -0.4 is 5.73 Å². The summed E-state index contributed by atoms with van der Waals surface area (Å²) < 4.78 is 26.5. The molecule has 1 aliphatic rings. The second-order valence-corrected chi connectivity index (χ2v) is 7.29. The average Bonchev–Trinajstić information content (AvgIpc) is 3.23. The van der Waals surface area contributed by atoms with Crippen LogP contribution in [0.4, 0.5) is 0 Å². The van der Waals surface area contributed by atoms with E-state index in [1.165, 1.54) is 29.6 Å². The molecule has 0 amide bonds. The lowest BCUT2D eigenvalue weighted by Crippen LogP contribution is -2.43. The van der Waals surface area contributed by atoms with Crippen molar-refractivity contribution in [3.8, 4) is 6.07 Å². The molecule has 1 aromatic carbocycles. The van der Waals surface area contributed by atoms with Crippen molar-refractivity contribution >= 4 is 34.0 Å². The van der Waals surface area contributed by atoms with Crippen LogP contribution in [-0.4, -0.2) is 32.4 Å². The third-order valence-electron chi connectivity index (χ3n) is 3.59. The minimum Gasteiger partial charge on any atom is -0.329 e. The van der Waals surface area contributed by atoms with Crippen molar-refractivity contribution in [2.75, 3.05) is 13.6 Å². The van der Waals surface area contributed by atoms with Gasteiger partial charge >= 0.3 is 0 Å². The smallest absolute Gasteiger partial charge is 0.244 e. The first kappa shape index (κ1) is 18.2. The molecule has 1 saturated carbocycles. The fourth-order valence-electron chi connectivity index (χ4n) is 2.23. The summed E-state index contributed by atoms with van der Waals surface area (Å²) in [7, 11) is -2.17. The summed E-state index contributed by atoms with van der Waals surface area (Å²) in [6, 6.07) is 5.89. The van der Waals surface area contributed by atoms with E-state index in [1.807, 2.05) is 6.07 Å². The molecule has 21 heavy (non-hydrogen) atoms. The number of benzene rings is 1. The number of rotatable bonds is 5. The molecule has 0 spiro atoms. The molecule has 2 N–H and O–H groups in total. The Morgan fingerprint density at radius 1 is 1.52 bits per heavy atom. The van der Waals surface area contributed by atoms with Crippen molar-refractivity contribution in [3.63, 3.8) is 0 Å². The van der Waals surface area contributed by atoms with Crippen LogP contribution in [0.2, 0.25) is 5.02 Å². The number of sulfonamides is 1. The Hall–Kier alpha value is -0.840. The fraction of sp³-hybridized carbons (Fsp3) is 0.462. The molecule has 8 heteroatoms. The van der Waals surface area contributed by atoms with Gasteiger partial charge in [0.2, 0.25) is 10.0 Å². The standard InChI is InChI=1S/C13H16ClN3O2S.ClH/c1-17(12(8-16)10-3-4-10)20(18,19)13-5-2-9(7-15)6-11(13)14;/h2,5-6,10,12H,3-4,8,16H2,1H3;1H. The maximum absolute atomic E-state index is 12.6. The maximum atomic E-state index is 12.6. The minimum absolute atomic E-state index is 0. The van der Waals surface area contributed by atoms with Gasteiger partial charge in [0.1, 0.15) is 4.90 Å². The maximum Gasteiger partial charge on any atom is 0.244 e. The Morgan fingerprint density at radius 2 is 2.14 bits per heavy atom. The quantitative estimate of drug-likeness (QED) is 0.880. The van der Waals surface area contributed by atoms with Crippen molar-refractivity contribution in [3.05, 3.63) is 28.8 Å². The van der Waals surface area contributed by atoms with Crippen LogP contribution >= 0.6 is 24.0 Å². The zero-order chi connectivity index (χ0) is 14.9. The molecule has 0 aromatic heterocycles. The third kappa shape index (κ3) is 3.68. The zero-order valence-electron chi connectivity index (χ0n) is 11.5. The van der Waals surface area contributed by atoms with Crippen LogP contribution in [0, 0.1) is 17.2 Å². The van der Waals surface area contributed by atoms with E-state index < -0.39 is 10.0 Å². The molecule has 0 heterocycles. The molecular formula is C13H17Cl2N3O2S. The van der Waals surface area contributed by atoms with Gasteiger partial charge in [-0.15, -0.1) is 12.4 Å². The van der Waals surface area contributed by atoms with Gasteiger partial charge in [0.05, 0.1) is 16.7 Å². The predicted molar refractivity (Wildman–Crippen MR) is 83.9 cm³/mol. The summed E-state index contributed by atoms with van der Waals surface area (Å²) in [6.07, 6.45) is 2.01. The molecule has 1 fully saturated rings. The van der Waals surface area contributed by atoms with E-state index in [1.54, 1.807) is 0 Å². The van der Waals surface area contributed by atoms with Crippen LogP contribution in [0.15, 0.2) is 23.1 Å². The van der Waals surface area contributed by atoms with E-state index in [4.69, 9.17) is 22.6 Å². The van der Waals surface area contributed by atoms with Gasteiger partial charge in [0.15, 0.2) is 0 Å². The van der Waals surface area contributed by atoms with Crippen molar-refractivity contribution in [2.45, 2.75) is 23.8 Å². The topological polar surface area (TPSA) is 87.2 Å². The summed E-state index contributed by atoms with van der Waals surface area (Å²) in [4.78, 5) is 0.0137. The van der Waals surface area contributed by atoms with Gasteiger partial charge in [-0.3, -0.25) is 0 Å². The SMILES string of the molecule is CN(C(CN)C1CC1)S(=O)(=O)c1ccc(C#N)cc1Cl.Cl. The number of hydrogen-bond donors (Lipinski definition) is 1. The van der Waals surface area contributed by atoms with Gasteiger partial charge < -0.3 is 5.73 Å². The first-order valence-electron chi connectivity index (χ1n) is 6.29. The largest absolute Gasteiger partial charge is 0.329 e. The normalized spacial score (nSPS) is 16.1. The summed E-state index contributed by atoms with van der Waals surface area (Å²) >= 11 is 5.99. The number of hydrogen-bond acceptors (Lipinski definition) is 4. The summed E-state index contributed by atoms with van der Waals surface area (Å²) in [5.74, 6) is 0.330. The molecule has 0 aliphatic heterocycles. The van der Waals surface area contributed by atoms with Gasteiger partial charge in [-0.25, -0.2) is 8.42 Å². The Balaban J connectivity index is 0.00000220. The lowest BCUT2D eigenvalue weighted by Gasteiger charge is -2.26. The first-order valence-corrected chi connectivity index (χ1v) is 8.11. The average molecular weight is 350 g/mol. The van der Waals surface area contributed by atoms with Crippen LogP contribution in [0.25, 0.3) is 0 Å². The number of halogens is 2. The molecule has 0 bridgehead atoms. The molecule has 1 unspecified atom stereocenters. The molecule has 0 saturated heterocycles. The highest BCUT2D eigenvalue weighted by Gasteiger charge is 2.38. The highest BCUT2D eigenvalue weighted by Crippen LogP contribution is 2.37. The third-order valence-corrected chi connectivity index (χ3v) is 5.96. The number of nitriles is 1. The van der Waals surface area contributed by atoms with Crippen LogP contribution in [0.1, 0.15) is 18.4 Å². The van der Waals surface area contributed by atoms with E-state index in [9.17, 15) is 8.42 Å². The summed E-state index contributed by atoms with van der Waals surface area (Å²) in [6.45, 7) is 0.286. The predicted octanol–water partition coefficient (Wildman–Crippen LogP) is 1.99. The molecular weight excluding hydrogens is 333 g/mol. The second kappa shape index (κ2) is 6.95. The Kier molecular flexibility index (Phi) is 6.02. The van der Waals surface area contributed by atoms with Crippen LogP contribution in [-0.2, 0) is 10.0 Å². The molecule has 1 aromatic rings. The van der Waals surface area contributed by atoms with Gasteiger partial charge in [0, 0.05) is 19.6 Å². The zero-order valence-corrected chi connectivity index (χ0v) is 13.9. The fourth-order valence-corrected chi connectivity index (χ4v) is 4.18. The first-order chi connectivity index (χ1) is 9.41. The molecule has 1 atom stereocenters. The molecule has 2 rings (SSSR count). The highest BCUT2D eigenvalue weighted by molar-refractivity contribution is 7.89. The van der Waals surface area contributed by atoms with E-state index in [0.29, 0.717) is 11.5 Å². The number of nitrogens with zero attached hydrogens (tertiary/aromatic N) is 2. The number of nitrogens with two attached hydrogens (primary N) is 1. The van der Waals surface area contributed by atoms with Gasteiger partial charge in [-0.1, -0.05) is 11.6 Å². The van der Waals surface area contributed by atoms with E-state index in [0.717, 1.165) is 12.8 Å².